The predicted molar refractivity (Wildman–Crippen MR) is 354 cm³/mol. The van der Waals surface area contributed by atoms with Crippen LogP contribution in [0.5, 0.6) is 0 Å². The van der Waals surface area contributed by atoms with Gasteiger partial charge in [0.25, 0.3) is 20.0 Å². The van der Waals surface area contributed by atoms with E-state index >= 15 is 0 Å². The molecule has 0 spiro atoms. The normalized spacial score (nSPS) is 13.8. The molecule has 0 amide bonds. The van der Waals surface area contributed by atoms with Gasteiger partial charge < -0.3 is 28.1 Å². The highest BCUT2D eigenvalue weighted by Gasteiger charge is 2.41. The standard InChI is InChI=1S/2C34H40N4O4SSi/c1-23-9-12-27(13-10-23)43(39,40)38-16-15-28-31(24(2)19-25(3)32(28)38)34(4,41-5)33-36-29-20-26(21-35)11-14-30(29)37(33)22-42-17-18-44(6,7)8;1-23-9-12-27(13-10-23)43(39,40)38-16-15-28-31(24(2)19-25(3)32(28)38)34(4,41-5)33-36-29-14-11-26(21-35)20-30(29)37(33)22-42-17-18-44(6,7)8/h2*9-16,19-20H,17-18,22H2,1-8H3. The van der Waals surface area contributed by atoms with Crippen molar-refractivity contribution in [2.45, 2.75) is 141 Å². The fourth-order valence-corrected chi connectivity index (χ4v) is 16.1. The Hall–Kier alpha value is -7.51. The van der Waals surface area contributed by atoms with Gasteiger partial charge in [0.1, 0.15) is 36.3 Å². The average Bonchev–Trinajstić information content (AvgIpc) is 2.02. The molecule has 0 radical (unpaired) electrons. The van der Waals surface area contributed by atoms with E-state index in [1.807, 2.05) is 107 Å². The highest BCUT2D eigenvalue weighted by Crippen LogP contribution is 2.44. The number of nitrogens with zero attached hydrogens (tertiary/aromatic N) is 8. The topological polar surface area (TPSA) is 198 Å². The van der Waals surface area contributed by atoms with Crippen molar-refractivity contribution >= 4 is 80.1 Å². The monoisotopic (exact) mass is 1260 g/mol. The lowest BCUT2D eigenvalue weighted by atomic mass is 9.86. The lowest BCUT2D eigenvalue weighted by molar-refractivity contribution is 0.0183. The molecule has 0 saturated heterocycles. The van der Waals surface area contributed by atoms with Crippen molar-refractivity contribution in [2.24, 2.45) is 0 Å². The number of rotatable bonds is 20. The Morgan fingerprint density at radius 1 is 0.500 bits per heavy atom. The summed E-state index contributed by atoms with van der Waals surface area (Å²) >= 11 is 0. The van der Waals surface area contributed by atoms with Crippen molar-refractivity contribution in [3.8, 4) is 12.1 Å². The summed E-state index contributed by atoms with van der Waals surface area (Å²) < 4.78 is 87.4. The maximum Gasteiger partial charge on any atom is 0.268 e. The molecule has 6 aromatic carbocycles. The zero-order valence-corrected chi connectivity index (χ0v) is 57.1. The third-order valence-electron chi connectivity index (χ3n) is 16.6. The largest absolute Gasteiger partial charge is 0.366 e. The summed E-state index contributed by atoms with van der Waals surface area (Å²) in [6.07, 6.45) is 3.24. The first-order valence-corrected chi connectivity index (χ1v) is 39.7. The summed E-state index contributed by atoms with van der Waals surface area (Å²) in [5.74, 6) is 1.22. The van der Waals surface area contributed by atoms with Crippen LogP contribution < -0.4 is 0 Å². The quantitative estimate of drug-likeness (QED) is 0.0517. The van der Waals surface area contributed by atoms with Gasteiger partial charge in [0, 0.05) is 77.9 Å². The summed E-state index contributed by atoms with van der Waals surface area (Å²) in [5.41, 5.74) is 10.2. The molecule has 0 aliphatic heterocycles. The Kier molecular flexibility index (Phi) is 18.3. The molecule has 4 aromatic heterocycles. The number of aromatic nitrogens is 6. The molecular weight excluding hydrogens is 1180 g/mol. The lowest BCUT2D eigenvalue weighted by Gasteiger charge is -2.31. The van der Waals surface area contributed by atoms with E-state index in [9.17, 15) is 27.4 Å². The first-order chi connectivity index (χ1) is 41.4. The Balaban J connectivity index is 0.000000209. The second-order valence-corrected chi connectivity index (χ2v) is 40.6. The van der Waals surface area contributed by atoms with Crippen LogP contribution in [0, 0.1) is 64.2 Å². The molecule has 10 aromatic rings. The highest BCUT2D eigenvalue weighted by molar-refractivity contribution is 7.90. The number of nitriles is 2. The van der Waals surface area contributed by atoms with Crippen LogP contribution in [0.15, 0.2) is 131 Å². The Bertz CT molecular complexity index is 4440. The summed E-state index contributed by atoms with van der Waals surface area (Å²) in [7, 11) is -7.06. The van der Waals surface area contributed by atoms with Gasteiger partial charge in [0.05, 0.1) is 66.2 Å². The number of hydrogen-bond donors (Lipinski definition) is 0. The van der Waals surface area contributed by atoms with Crippen molar-refractivity contribution in [1.82, 2.24) is 27.0 Å². The third kappa shape index (κ3) is 12.5. The molecule has 0 fully saturated rings. The fraction of sp³-hybridized carbons (Fsp3) is 0.353. The van der Waals surface area contributed by atoms with E-state index in [0.717, 1.165) is 83.9 Å². The van der Waals surface area contributed by atoms with E-state index in [4.69, 9.17) is 28.9 Å². The van der Waals surface area contributed by atoms with Crippen molar-refractivity contribution in [2.75, 3.05) is 27.4 Å². The number of ether oxygens (including phenoxy) is 4. The van der Waals surface area contributed by atoms with Crippen molar-refractivity contribution in [3.05, 3.63) is 189 Å². The lowest BCUT2D eigenvalue weighted by Crippen LogP contribution is -2.32. The van der Waals surface area contributed by atoms with Crippen LogP contribution in [0.25, 0.3) is 43.9 Å². The van der Waals surface area contributed by atoms with Gasteiger partial charge in [-0.3, -0.25) is 0 Å². The molecule has 20 heteroatoms. The summed E-state index contributed by atoms with van der Waals surface area (Å²) in [6.45, 7) is 31.3. The van der Waals surface area contributed by atoms with E-state index < -0.39 is 47.4 Å². The zero-order valence-electron chi connectivity index (χ0n) is 53.4. The smallest absolute Gasteiger partial charge is 0.268 e. The molecule has 0 saturated carbocycles. The molecule has 16 nitrogen and oxygen atoms in total. The molecule has 0 aliphatic rings. The highest BCUT2D eigenvalue weighted by atomic mass is 32.2. The Morgan fingerprint density at radius 2 is 0.898 bits per heavy atom. The van der Waals surface area contributed by atoms with E-state index in [2.05, 4.69) is 51.4 Å². The van der Waals surface area contributed by atoms with Crippen LogP contribution in [0.3, 0.4) is 0 Å². The van der Waals surface area contributed by atoms with E-state index in [1.165, 1.54) is 7.94 Å². The predicted octanol–water partition coefficient (Wildman–Crippen LogP) is 14.5. The fourth-order valence-electron chi connectivity index (χ4n) is 11.7. The molecule has 88 heavy (non-hydrogen) atoms. The van der Waals surface area contributed by atoms with Crippen LogP contribution in [0.2, 0.25) is 51.4 Å². The minimum atomic E-state index is -3.86. The average molecular weight is 1260 g/mol. The van der Waals surface area contributed by atoms with Gasteiger partial charge in [0.2, 0.25) is 0 Å². The summed E-state index contributed by atoms with van der Waals surface area (Å²) in [4.78, 5) is 10.5. The molecule has 0 aliphatic carbocycles. The van der Waals surface area contributed by atoms with Gasteiger partial charge in [-0.05, 0) is 163 Å². The number of aryl methyl sites for hydroxylation is 6. The number of methoxy groups -OCH3 is 2. The first-order valence-electron chi connectivity index (χ1n) is 29.4. The van der Waals surface area contributed by atoms with E-state index in [-0.39, 0.29) is 23.3 Å². The first kappa shape index (κ1) is 65.0. The molecule has 0 bridgehead atoms. The van der Waals surface area contributed by atoms with Gasteiger partial charge in [0.15, 0.2) is 0 Å². The van der Waals surface area contributed by atoms with Gasteiger partial charge in [-0.15, -0.1) is 0 Å². The zero-order chi connectivity index (χ0) is 64.1. The van der Waals surface area contributed by atoms with E-state index in [1.54, 1.807) is 93.3 Å². The third-order valence-corrected chi connectivity index (χ3v) is 23.4. The molecule has 10 rings (SSSR count). The molecule has 4 heterocycles. The molecule has 2 atom stereocenters. The minimum absolute atomic E-state index is 0.224. The van der Waals surface area contributed by atoms with Gasteiger partial charge >= 0.3 is 0 Å². The van der Waals surface area contributed by atoms with Crippen LogP contribution in [-0.4, -0.2) is 87.5 Å². The van der Waals surface area contributed by atoms with E-state index in [0.29, 0.717) is 52.5 Å². The number of hydrogen-bond acceptors (Lipinski definition) is 12. The van der Waals surface area contributed by atoms with Crippen LogP contribution in [0.4, 0.5) is 0 Å². The minimum Gasteiger partial charge on any atom is -0.366 e. The second kappa shape index (κ2) is 24.8. The SMILES string of the molecule is COC(C)(c1c(C)cc(C)c2c1ccn2S(=O)(=O)c1ccc(C)cc1)c1nc2cc(C#N)ccc2n1COCC[Si](C)(C)C.COC(C)(c1c(C)cc(C)c2c1ccn2S(=O)(=O)c1ccc(C)cc1)c1nc2ccc(C#N)cc2n1COCC[Si](C)(C)C. The molecule has 2 unspecified atom stereocenters. The molecular formula is C68H80N8O8S2Si2. The number of benzene rings is 6. The number of fused-ring (bicyclic) bond motifs is 4. The van der Waals surface area contributed by atoms with Crippen molar-refractivity contribution in [1.29, 1.82) is 10.5 Å². The molecule has 0 N–H and O–H groups in total. The Morgan fingerprint density at radius 3 is 1.31 bits per heavy atom. The maximum absolute atomic E-state index is 13.9. The van der Waals surface area contributed by atoms with Gasteiger partial charge in [-0.25, -0.2) is 34.7 Å². The number of imidazole rings is 2. The second-order valence-electron chi connectivity index (χ2n) is 25.7. The Labute approximate surface area is 520 Å². The summed E-state index contributed by atoms with van der Waals surface area (Å²) in [6, 6.07) is 38.8. The van der Waals surface area contributed by atoms with Gasteiger partial charge in [-0.1, -0.05) is 86.8 Å². The maximum atomic E-state index is 13.9. The van der Waals surface area contributed by atoms with Crippen LogP contribution in [0.1, 0.15) is 81.1 Å². The molecule has 460 valence electrons. The van der Waals surface area contributed by atoms with Crippen molar-refractivity contribution < 1.29 is 35.8 Å². The van der Waals surface area contributed by atoms with Crippen molar-refractivity contribution in [3.63, 3.8) is 0 Å². The van der Waals surface area contributed by atoms with Crippen LogP contribution in [-0.2, 0) is 63.7 Å². The van der Waals surface area contributed by atoms with Gasteiger partial charge in [-0.2, -0.15) is 10.5 Å². The van der Waals surface area contributed by atoms with Crippen LogP contribution >= 0.6 is 0 Å². The summed E-state index contributed by atoms with van der Waals surface area (Å²) in [5, 5.41) is 20.7.